The number of nitrogens with one attached hydrogen (secondary N) is 1. The smallest absolute Gasteiger partial charge is 0.0345 e. The third kappa shape index (κ3) is 3.58. The van der Waals surface area contributed by atoms with Crippen molar-refractivity contribution in [2.45, 2.75) is 46.1 Å². The van der Waals surface area contributed by atoms with Crippen molar-refractivity contribution in [3.8, 4) is 0 Å². The van der Waals surface area contributed by atoms with Gasteiger partial charge in [0, 0.05) is 10.7 Å². The Bertz CT molecular complexity index is 503. The Labute approximate surface area is 121 Å². The Morgan fingerprint density at radius 3 is 2.74 bits per heavy atom. The summed E-state index contributed by atoms with van der Waals surface area (Å²) >= 11 is 1.87. The molecule has 1 N–H and O–H groups in total. The van der Waals surface area contributed by atoms with Gasteiger partial charge in [-0.3, -0.25) is 0 Å². The van der Waals surface area contributed by atoms with Crippen LogP contribution >= 0.6 is 11.3 Å². The standard InChI is InChI=1S/C17H25NS/c1-4-10-18-16(13(3)5-2)11-14-12-19-17-9-7-6-8-15(14)17/h6-9,12-13,16,18H,4-5,10-11H2,1-3H3. The Kier molecular flexibility index (Phi) is 5.41. The van der Waals surface area contributed by atoms with Crippen LogP contribution in [-0.4, -0.2) is 12.6 Å². The van der Waals surface area contributed by atoms with Gasteiger partial charge < -0.3 is 5.32 Å². The highest BCUT2D eigenvalue weighted by Gasteiger charge is 2.17. The Hall–Kier alpha value is -0.860. The fourth-order valence-electron chi connectivity index (χ4n) is 2.52. The first-order valence-electron chi connectivity index (χ1n) is 7.44. The summed E-state index contributed by atoms with van der Waals surface area (Å²) in [5.74, 6) is 0.727. The van der Waals surface area contributed by atoms with E-state index < -0.39 is 0 Å². The van der Waals surface area contributed by atoms with E-state index in [4.69, 9.17) is 0 Å². The first-order valence-corrected chi connectivity index (χ1v) is 8.32. The largest absolute Gasteiger partial charge is 0.313 e. The van der Waals surface area contributed by atoms with Crippen molar-refractivity contribution in [2.75, 3.05) is 6.54 Å². The SMILES string of the molecule is CCCNC(Cc1csc2ccccc12)C(C)CC. The molecular formula is C17H25NS. The van der Waals surface area contributed by atoms with Crippen molar-refractivity contribution in [2.24, 2.45) is 5.92 Å². The lowest BCUT2D eigenvalue weighted by molar-refractivity contribution is 0.366. The molecule has 0 amide bonds. The minimum atomic E-state index is 0.600. The lowest BCUT2D eigenvalue weighted by atomic mass is 9.92. The molecule has 0 saturated heterocycles. The van der Waals surface area contributed by atoms with Gasteiger partial charge in [0.1, 0.15) is 0 Å². The average Bonchev–Trinajstić information content (AvgIpc) is 2.86. The summed E-state index contributed by atoms with van der Waals surface area (Å²) in [6.07, 6.45) is 3.60. The van der Waals surface area contributed by atoms with Crippen LogP contribution in [-0.2, 0) is 6.42 Å². The highest BCUT2D eigenvalue weighted by molar-refractivity contribution is 7.17. The Balaban J connectivity index is 2.15. The molecule has 2 rings (SSSR count). The maximum Gasteiger partial charge on any atom is 0.0345 e. The van der Waals surface area contributed by atoms with E-state index in [-0.39, 0.29) is 0 Å². The summed E-state index contributed by atoms with van der Waals surface area (Å²) in [6, 6.07) is 9.36. The van der Waals surface area contributed by atoms with Gasteiger partial charge in [-0.15, -0.1) is 11.3 Å². The molecule has 0 saturated carbocycles. The summed E-state index contributed by atoms with van der Waals surface area (Å²) in [5, 5.41) is 7.51. The topological polar surface area (TPSA) is 12.0 Å². The van der Waals surface area contributed by atoms with Crippen LogP contribution in [0.3, 0.4) is 0 Å². The summed E-state index contributed by atoms with van der Waals surface area (Å²) in [6.45, 7) is 8.01. The quantitative estimate of drug-likeness (QED) is 0.761. The van der Waals surface area contributed by atoms with Crippen LogP contribution in [0.2, 0.25) is 0 Å². The average molecular weight is 275 g/mol. The van der Waals surface area contributed by atoms with Crippen LogP contribution < -0.4 is 5.32 Å². The van der Waals surface area contributed by atoms with Crippen molar-refractivity contribution in [1.82, 2.24) is 5.32 Å². The predicted molar refractivity (Wildman–Crippen MR) is 87.1 cm³/mol. The van der Waals surface area contributed by atoms with E-state index >= 15 is 0 Å². The van der Waals surface area contributed by atoms with E-state index in [2.05, 4.69) is 55.7 Å². The molecule has 2 atom stereocenters. The van der Waals surface area contributed by atoms with E-state index in [0.29, 0.717) is 6.04 Å². The molecule has 1 nitrogen and oxygen atoms in total. The zero-order valence-electron chi connectivity index (χ0n) is 12.3. The first kappa shape index (κ1) is 14.5. The van der Waals surface area contributed by atoms with Crippen LogP contribution in [0.25, 0.3) is 10.1 Å². The van der Waals surface area contributed by atoms with Gasteiger partial charge in [0.2, 0.25) is 0 Å². The van der Waals surface area contributed by atoms with Crippen LogP contribution in [0.5, 0.6) is 0 Å². The lowest BCUT2D eigenvalue weighted by Gasteiger charge is -2.24. The van der Waals surface area contributed by atoms with Crippen molar-refractivity contribution >= 4 is 21.4 Å². The predicted octanol–water partition coefficient (Wildman–Crippen LogP) is 4.86. The van der Waals surface area contributed by atoms with Crippen molar-refractivity contribution in [3.63, 3.8) is 0 Å². The van der Waals surface area contributed by atoms with Gasteiger partial charge in [-0.1, -0.05) is 45.4 Å². The Morgan fingerprint density at radius 1 is 1.21 bits per heavy atom. The minimum absolute atomic E-state index is 0.600. The van der Waals surface area contributed by atoms with Crippen LogP contribution in [0.1, 0.15) is 39.2 Å². The van der Waals surface area contributed by atoms with Crippen molar-refractivity contribution < 1.29 is 0 Å². The van der Waals surface area contributed by atoms with E-state index in [1.54, 1.807) is 0 Å². The van der Waals surface area contributed by atoms with Crippen LogP contribution in [0, 0.1) is 5.92 Å². The molecule has 0 aliphatic rings. The minimum Gasteiger partial charge on any atom is -0.313 e. The molecule has 1 aromatic heterocycles. The summed E-state index contributed by atoms with van der Waals surface area (Å²) < 4.78 is 1.41. The van der Waals surface area contributed by atoms with Gasteiger partial charge in [-0.05, 0) is 47.7 Å². The van der Waals surface area contributed by atoms with Gasteiger partial charge in [0.15, 0.2) is 0 Å². The number of hydrogen-bond donors (Lipinski definition) is 1. The molecule has 0 radical (unpaired) electrons. The fraction of sp³-hybridized carbons (Fsp3) is 0.529. The maximum absolute atomic E-state index is 3.73. The highest BCUT2D eigenvalue weighted by Crippen LogP contribution is 2.27. The zero-order chi connectivity index (χ0) is 13.7. The third-order valence-electron chi connectivity index (χ3n) is 3.99. The molecule has 0 spiro atoms. The second kappa shape index (κ2) is 7.06. The Morgan fingerprint density at radius 2 is 2.00 bits per heavy atom. The third-order valence-corrected chi connectivity index (χ3v) is 5.00. The molecule has 0 fully saturated rings. The monoisotopic (exact) mass is 275 g/mol. The summed E-state index contributed by atoms with van der Waals surface area (Å²) in [7, 11) is 0. The number of rotatable bonds is 7. The highest BCUT2D eigenvalue weighted by atomic mass is 32.1. The summed E-state index contributed by atoms with van der Waals surface area (Å²) in [4.78, 5) is 0. The second-order valence-corrected chi connectivity index (χ2v) is 6.32. The van der Waals surface area contributed by atoms with Crippen molar-refractivity contribution in [3.05, 3.63) is 35.2 Å². The van der Waals surface area contributed by atoms with E-state index in [1.807, 2.05) is 11.3 Å². The molecule has 2 heteroatoms. The first-order chi connectivity index (χ1) is 9.26. The number of benzene rings is 1. The van der Waals surface area contributed by atoms with Gasteiger partial charge in [0.25, 0.3) is 0 Å². The molecule has 2 unspecified atom stereocenters. The number of hydrogen-bond acceptors (Lipinski definition) is 2. The van der Waals surface area contributed by atoms with Crippen molar-refractivity contribution in [1.29, 1.82) is 0 Å². The second-order valence-electron chi connectivity index (χ2n) is 5.41. The normalized spacial score (nSPS) is 14.7. The van der Waals surface area contributed by atoms with E-state index in [1.165, 1.54) is 28.5 Å². The van der Waals surface area contributed by atoms with Gasteiger partial charge in [-0.25, -0.2) is 0 Å². The lowest BCUT2D eigenvalue weighted by Crippen LogP contribution is -2.37. The summed E-state index contributed by atoms with van der Waals surface area (Å²) in [5.41, 5.74) is 1.51. The van der Waals surface area contributed by atoms with E-state index in [9.17, 15) is 0 Å². The van der Waals surface area contributed by atoms with E-state index in [0.717, 1.165) is 18.9 Å². The van der Waals surface area contributed by atoms with Crippen LogP contribution in [0.4, 0.5) is 0 Å². The molecule has 0 aliphatic heterocycles. The molecule has 19 heavy (non-hydrogen) atoms. The number of fused-ring (bicyclic) bond motifs is 1. The molecular weight excluding hydrogens is 250 g/mol. The zero-order valence-corrected chi connectivity index (χ0v) is 13.1. The maximum atomic E-state index is 3.73. The number of thiophene rings is 1. The fourth-order valence-corrected chi connectivity index (χ4v) is 3.49. The van der Waals surface area contributed by atoms with Gasteiger partial charge in [-0.2, -0.15) is 0 Å². The molecule has 1 aromatic carbocycles. The van der Waals surface area contributed by atoms with Crippen LogP contribution in [0.15, 0.2) is 29.6 Å². The molecule has 1 heterocycles. The molecule has 2 aromatic rings. The van der Waals surface area contributed by atoms with Gasteiger partial charge >= 0.3 is 0 Å². The van der Waals surface area contributed by atoms with Gasteiger partial charge in [0.05, 0.1) is 0 Å². The molecule has 104 valence electrons. The molecule has 0 aliphatic carbocycles. The molecule has 0 bridgehead atoms.